The summed E-state index contributed by atoms with van der Waals surface area (Å²) < 4.78 is 0. The zero-order valence-corrected chi connectivity index (χ0v) is 12.5. The Morgan fingerprint density at radius 2 is 1.95 bits per heavy atom. The Kier molecular flexibility index (Phi) is 6.75. The molecule has 0 aliphatic rings. The maximum absolute atomic E-state index is 12.1. The average Bonchev–Trinajstić information content (AvgIpc) is 2.44. The van der Waals surface area contributed by atoms with Crippen LogP contribution in [0.3, 0.4) is 0 Å². The van der Waals surface area contributed by atoms with Crippen molar-refractivity contribution in [2.45, 2.75) is 32.9 Å². The summed E-state index contributed by atoms with van der Waals surface area (Å²) >= 11 is 0. The summed E-state index contributed by atoms with van der Waals surface area (Å²) in [6, 6.07) is 12.5. The van der Waals surface area contributed by atoms with Gasteiger partial charge in [0.2, 0.25) is 5.91 Å². The van der Waals surface area contributed by atoms with Crippen molar-refractivity contribution < 1.29 is 4.79 Å². The Bertz CT molecular complexity index is 451. The van der Waals surface area contributed by atoms with Crippen LogP contribution >= 0.6 is 0 Å². The zero-order valence-electron chi connectivity index (χ0n) is 12.5. The highest BCUT2D eigenvalue weighted by Crippen LogP contribution is 2.08. The molecule has 20 heavy (non-hydrogen) atoms. The summed E-state index contributed by atoms with van der Waals surface area (Å²) in [4.78, 5) is 15.9. The summed E-state index contributed by atoms with van der Waals surface area (Å²) in [6.07, 6.45) is 0.378. The van der Waals surface area contributed by atoms with Gasteiger partial charge in [-0.15, -0.1) is 0 Å². The molecule has 1 rings (SSSR count). The SMILES string of the molecule is CC(C)N(CC(=O)N(C)CCC#N)Cc1ccccc1. The van der Waals surface area contributed by atoms with Gasteiger partial charge in [-0.3, -0.25) is 9.69 Å². The highest BCUT2D eigenvalue weighted by Gasteiger charge is 2.17. The van der Waals surface area contributed by atoms with Crippen molar-refractivity contribution in [3.05, 3.63) is 35.9 Å². The highest BCUT2D eigenvalue weighted by atomic mass is 16.2. The Balaban J connectivity index is 2.59. The van der Waals surface area contributed by atoms with E-state index in [1.807, 2.05) is 18.2 Å². The monoisotopic (exact) mass is 273 g/mol. The van der Waals surface area contributed by atoms with Crippen molar-refractivity contribution >= 4 is 5.91 Å². The molecule has 0 atom stereocenters. The van der Waals surface area contributed by atoms with Crippen LogP contribution < -0.4 is 0 Å². The topological polar surface area (TPSA) is 47.3 Å². The van der Waals surface area contributed by atoms with Crippen LogP contribution in [0.1, 0.15) is 25.8 Å². The van der Waals surface area contributed by atoms with E-state index in [2.05, 4.69) is 36.9 Å². The molecule has 0 aromatic heterocycles. The third-order valence-corrected chi connectivity index (χ3v) is 3.28. The first-order valence-corrected chi connectivity index (χ1v) is 6.93. The molecule has 1 aromatic carbocycles. The summed E-state index contributed by atoms with van der Waals surface area (Å²) in [5.74, 6) is 0.0601. The molecule has 0 aliphatic carbocycles. The van der Waals surface area contributed by atoms with E-state index in [-0.39, 0.29) is 5.91 Å². The van der Waals surface area contributed by atoms with E-state index in [1.165, 1.54) is 5.56 Å². The first kappa shape index (κ1) is 16.2. The van der Waals surface area contributed by atoms with Crippen molar-refractivity contribution in [2.75, 3.05) is 20.1 Å². The molecule has 0 saturated carbocycles. The summed E-state index contributed by atoms with van der Waals surface area (Å²) in [6.45, 7) is 5.81. The summed E-state index contributed by atoms with van der Waals surface area (Å²) in [7, 11) is 1.75. The van der Waals surface area contributed by atoms with Crippen LogP contribution in [0.4, 0.5) is 0 Å². The zero-order chi connectivity index (χ0) is 15.0. The Morgan fingerprint density at radius 3 is 2.50 bits per heavy atom. The maximum atomic E-state index is 12.1. The second kappa shape index (κ2) is 8.34. The van der Waals surface area contributed by atoms with Crippen molar-refractivity contribution in [3.8, 4) is 6.07 Å². The third-order valence-electron chi connectivity index (χ3n) is 3.28. The van der Waals surface area contributed by atoms with Gasteiger partial charge in [0, 0.05) is 26.2 Å². The first-order valence-electron chi connectivity index (χ1n) is 6.93. The maximum Gasteiger partial charge on any atom is 0.236 e. The molecular formula is C16H23N3O. The summed E-state index contributed by atoms with van der Waals surface area (Å²) in [5.41, 5.74) is 1.20. The van der Waals surface area contributed by atoms with Gasteiger partial charge in [-0.2, -0.15) is 5.26 Å². The van der Waals surface area contributed by atoms with Crippen molar-refractivity contribution in [2.24, 2.45) is 0 Å². The van der Waals surface area contributed by atoms with Crippen LogP contribution in [0, 0.1) is 11.3 Å². The molecule has 4 heteroatoms. The van der Waals surface area contributed by atoms with Gasteiger partial charge in [-0.25, -0.2) is 0 Å². The molecule has 0 saturated heterocycles. The highest BCUT2D eigenvalue weighted by molar-refractivity contribution is 5.78. The molecule has 1 amide bonds. The van der Waals surface area contributed by atoms with Gasteiger partial charge >= 0.3 is 0 Å². The number of carbonyl (C=O) groups is 1. The van der Waals surface area contributed by atoms with Gasteiger partial charge < -0.3 is 4.90 Å². The quantitative estimate of drug-likeness (QED) is 0.765. The standard InChI is InChI=1S/C16H23N3O/c1-14(2)19(12-15-8-5-4-6-9-15)13-16(20)18(3)11-7-10-17/h4-6,8-9,14H,7,11-13H2,1-3H3. The molecule has 0 bridgehead atoms. The molecule has 0 unspecified atom stereocenters. The van der Waals surface area contributed by atoms with E-state index >= 15 is 0 Å². The molecule has 0 spiro atoms. The predicted molar refractivity (Wildman–Crippen MR) is 79.9 cm³/mol. The molecule has 0 heterocycles. The van der Waals surface area contributed by atoms with Crippen LogP contribution in [0.2, 0.25) is 0 Å². The molecular weight excluding hydrogens is 250 g/mol. The van der Waals surface area contributed by atoms with Gasteiger partial charge in [0.15, 0.2) is 0 Å². The minimum atomic E-state index is 0.0601. The number of rotatable bonds is 7. The number of benzene rings is 1. The summed E-state index contributed by atoms with van der Waals surface area (Å²) in [5, 5.41) is 8.56. The van der Waals surface area contributed by atoms with E-state index < -0.39 is 0 Å². The van der Waals surface area contributed by atoms with Crippen LogP contribution in [0.15, 0.2) is 30.3 Å². The molecule has 0 N–H and O–H groups in total. The van der Waals surface area contributed by atoms with E-state index in [4.69, 9.17) is 5.26 Å². The van der Waals surface area contributed by atoms with E-state index in [1.54, 1.807) is 11.9 Å². The fourth-order valence-electron chi connectivity index (χ4n) is 1.88. The number of nitrogens with zero attached hydrogens (tertiary/aromatic N) is 3. The number of likely N-dealkylation sites (N-methyl/N-ethyl adjacent to an activating group) is 1. The molecule has 4 nitrogen and oxygen atoms in total. The fraction of sp³-hybridized carbons (Fsp3) is 0.500. The molecule has 0 radical (unpaired) electrons. The number of nitriles is 1. The van der Waals surface area contributed by atoms with Crippen LogP contribution in [-0.2, 0) is 11.3 Å². The number of amides is 1. The van der Waals surface area contributed by atoms with E-state index in [9.17, 15) is 4.79 Å². The van der Waals surface area contributed by atoms with Crippen LogP contribution in [0.25, 0.3) is 0 Å². The Hall–Kier alpha value is -1.86. The van der Waals surface area contributed by atoms with Crippen LogP contribution in [-0.4, -0.2) is 41.9 Å². The smallest absolute Gasteiger partial charge is 0.236 e. The lowest BCUT2D eigenvalue weighted by Crippen LogP contribution is -2.41. The van der Waals surface area contributed by atoms with Crippen molar-refractivity contribution in [3.63, 3.8) is 0 Å². The minimum absolute atomic E-state index is 0.0601. The Morgan fingerprint density at radius 1 is 1.30 bits per heavy atom. The lowest BCUT2D eigenvalue weighted by atomic mass is 10.2. The van der Waals surface area contributed by atoms with Crippen molar-refractivity contribution in [1.82, 2.24) is 9.80 Å². The largest absolute Gasteiger partial charge is 0.344 e. The van der Waals surface area contributed by atoms with Gasteiger partial charge in [-0.1, -0.05) is 30.3 Å². The lowest BCUT2D eigenvalue weighted by Gasteiger charge is -2.28. The normalized spacial score (nSPS) is 10.6. The van der Waals surface area contributed by atoms with Gasteiger partial charge in [0.1, 0.15) is 0 Å². The number of carbonyl (C=O) groups excluding carboxylic acids is 1. The van der Waals surface area contributed by atoms with E-state index in [0.29, 0.717) is 25.6 Å². The molecule has 108 valence electrons. The molecule has 0 aliphatic heterocycles. The number of hydrogen-bond acceptors (Lipinski definition) is 3. The first-order chi connectivity index (χ1) is 9.54. The van der Waals surface area contributed by atoms with Crippen molar-refractivity contribution in [1.29, 1.82) is 5.26 Å². The lowest BCUT2D eigenvalue weighted by molar-refractivity contribution is -0.131. The van der Waals surface area contributed by atoms with Crippen LogP contribution in [0.5, 0.6) is 0 Å². The van der Waals surface area contributed by atoms with E-state index in [0.717, 1.165) is 6.54 Å². The Labute approximate surface area is 121 Å². The second-order valence-electron chi connectivity index (χ2n) is 5.21. The second-order valence-corrected chi connectivity index (χ2v) is 5.21. The average molecular weight is 273 g/mol. The third kappa shape index (κ3) is 5.41. The van der Waals surface area contributed by atoms with Gasteiger partial charge in [0.25, 0.3) is 0 Å². The minimum Gasteiger partial charge on any atom is -0.344 e. The number of hydrogen-bond donors (Lipinski definition) is 0. The molecule has 0 fully saturated rings. The fourth-order valence-corrected chi connectivity index (χ4v) is 1.88. The molecule has 1 aromatic rings. The van der Waals surface area contributed by atoms with Gasteiger partial charge in [0.05, 0.1) is 19.0 Å². The predicted octanol–water partition coefficient (Wildman–Crippen LogP) is 2.27. The van der Waals surface area contributed by atoms with Gasteiger partial charge in [-0.05, 0) is 19.4 Å².